The standard InChI is InChI=1S/C12H15F3N2O/c13-12(14,15)9-5-7(1-4-10(9)16)11(18)6-17-8-2-3-8/h1,4-5,8,11,17-18H,2-3,6,16H2. The van der Waals surface area contributed by atoms with E-state index >= 15 is 0 Å². The monoisotopic (exact) mass is 260 g/mol. The lowest BCUT2D eigenvalue weighted by Crippen LogP contribution is -2.23. The van der Waals surface area contributed by atoms with Crippen LogP contribution in [0.2, 0.25) is 0 Å². The molecular formula is C12H15F3N2O. The van der Waals surface area contributed by atoms with E-state index in [0.717, 1.165) is 18.9 Å². The van der Waals surface area contributed by atoms with Crippen LogP contribution in [-0.4, -0.2) is 17.7 Å². The van der Waals surface area contributed by atoms with Crippen LogP contribution in [0.5, 0.6) is 0 Å². The number of anilines is 1. The van der Waals surface area contributed by atoms with E-state index in [4.69, 9.17) is 5.73 Å². The molecule has 1 unspecified atom stereocenters. The maximum Gasteiger partial charge on any atom is 0.418 e. The lowest BCUT2D eigenvalue weighted by molar-refractivity contribution is -0.137. The Morgan fingerprint density at radius 1 is 1.39 bits per heavy atom. The molecule has 2 rings (SSSR count). The molecule has 0 bridgehead atoms. The third kappa shape index (κ3) is 3.14. The Labute approximate surface area is 103 Å². The number of aliphatic hydroxyl groups is 1. The number of hydrogen-bond acceptors (Lipinski definition) is 3. The second-order valence-corrected chi connectivity index (χ2v) is 4.54. The minimum atomic E-state index is -4.50. The van der Waals surface area contributed by atoms with Gasteiger partial charge in [-0.25, -0.2) is 0 Å². The second kappa shape index (κ2) is 4.78. The van der Waals surface area contributed by atoms with Crippen LogP contribution >= 0.6 is 0 Å². The van der Waals surface area contributed by atoms with Crippen LogP contribution in [0, 0.1) is 0 Å². The molecule has 0 radical (unpaired) electrons. The molecule has 0 aromatic heterocycles. The zero-order valence-electron chi connectivity index (χ0n) is 9.67. The highest BCUT2D eigenvalue weighted by Gasteiger charge is 2.33. The molecule has 6 heteroatoms. The summed E-state index contributed by atoms with van der Waals surface area (Å²) in [6.45, 7) is 0.256. The van der Waals surface area contributed by atoms with Gasteiger partial charge in [0.1, 0.15) is 0 Å². The van der Waals surface area contributed by atoms with E-state index < -0.39 is 17.8 Å². The number of nitrogens with two attached hydrogens (primary N) is 1. The number of hydrogen-bond donors (Lipinski definition) is 3. The van der Waals surface area contributed by atoms with Gasteiger partial charge >= 0.3 is 6.18 Å². The van der Waals surface area contributed by atoms with Crippen LogP contribution in [0.4, 0.5) is 18.9 Å². The van der Waals surface area contributed by atoms with Gasteiger partial charge in [0.15, 0.2) is 0 Å². The molecule has 18 heavy (non-hydrogen) atoms. The van der Waals surface area contributed by atoms with Crippen LogP contribution in [0.15, 0.2) is 18.2 Å². The van der Waals surface area contributed by atoms with Crippen LogP contribution in [0.1, 0.15) is 30.1 Å². The number of rotatable bonds is 4. The molecular weight excluding hydrogens is 245 g/mol. The highest BCUT2D eigenvalue weighted by Crippen LogP contribution is 2.35. The van der Waals surface area contributed by atoms with Crippen molar-refractivity contribution in [2.75, 3.05) is 12.3 Å². The van der Waals surface area contributed by atoms with Gasteiger partial charge in [0.2, 0.25) is 0 Å². The fraction of sp³-hybridized carbons (Fsp3) is 0.500. The van der Waals surface area contributed by atoms with Crippen LogP contribution in [0.3, 0.4) is 0 Å². The van der Waals surface area contributed by atoms with Gasteiger partial charge in [-0.05, 0) is 30.5 Å². The summed E-state index contributed by atoms with van der Waals surface area (Å²) < 4.78 is 37.9. The van der Waals surface area contributed by atoms with Crippen molar-refractivity contribution >= 4 is 5.69 Å². The smallest absolute Gasteiger partial charge is 0.398 e. The molecule has 0 heterocycles. The van der Waals surface area contributed by atoms with E-state index in [2.05, 4.69) is 5.32 Å². The first-order chi connectivity index (χ1) is 8.38. The quantitative estimate of drug-likeness (QED) is 0.726. The molecule has 0 saturated heterocycles. The summed E-state index contributed by atoms with van der Waals surface area (Å²) in [6, 6.07) is 3.91. The highest BCUT2D eigenvalue weighted by atomic mass is 19.4. The second-order valence-electron chi connectivity index (χ2n) is 4.54. The number of aliphatic hydroxyl groups excluding tert-OH is 1. The SMILES string of the molecule is Nc1ccc(C(O)CNC2CC2)cc1C(F)(F)F. The molecule has 3 nitrogen and oxygen atoms in total. The fourth-order valence-corrected chi connectivity index (χ4v) is 1.71. The van der Waals surface area contributed by atoms with Crippen LogP contribution in [-0.2, 0) is 6.18 Å². The third-order valence-electron chi connectivity index (χ3n) is 2.94. The summed E-state index contributed by atoms with van der Waals surface area (Å²) in [4.78, 5) is 0. The molecule has 0 aliphatic heterocycles. The zero-order chi connectivity index (χ0) is 13.3. The van der Waals surface area contributed by atoms with E-state index in [1.165, 1.54) is 12.1 Å². The molecule has 1 aliphatic rings. The molecule has 100 valence electrons. The van der Waals surface area contributed by atoms with Gasteiger partial charge in [-0.15, -0.1) is 0 Å². The summed E-state index contributed by atoms with van der Waals surface area (Å²) in [5.41, 5.74) is 4.29. The third-order valence-corrected chi connectivity index (χ3v) is 2.94. The summed E-state index contributed by atoms with van der Waals surface area (Å²) in [6.07, 6.45) is -3.33. The summed E-state index contributed by atoms with van der Waals surface area (Å²) in [5, 5.41) is 12.9. The topological polar surface area (TPSA) is 58.3 Å². The number of halogens is 3. The van der Waals surface area contributed by atoms with Gasteiger partial charge < -0.3 is 16.2 Å². The largest absolute Gasteiger partial charge is 0.418 e. The van der Waals surface area contributed by atoms with E-state index in [9.17, 15) is 18.3 Å². The zero-order valence-corrected chi connectivity index (χ0v) is 9.67. The summed E-state index contributed by atoms with van der Waals surface area (Å²) in [5.74, 6) is 0. The van der Waals surface area contributed by atoms with Crippen molar-refractivity contribution < 1.29 is 18.3 Å². The van der Waals surface area contributed by atoms with Gasteiger partial charge in [-0.2, -0.15) is 13.2 Å². The Kier molecular flexibility index (Phi) is 3.49. The van der Waals surface area contributed by atoms with Crippen molar-refractivity contribution in [1.29, 1.82) is 0 Å². The Hall–Kier alpha value is -1.27. The maximum atomic E-state index is 12.6. The van der Waals surface area contributed by atoms with Gasteiger partial charge in [-0.3, -0.25) is 0 Å². The van der Waals surface area contributed by atoms with Crippen molar-refractivity contribution in [2.45, 2.75) is 31.2 Å². The predicted octanol–water partition coefficient (Wildman–Crippen LogP) is 2.07. The van der Waals surface area contributed by atoms with Crippen molar-refractivity contribution in [1.82, 2.24) is 5.32 Å². The lowest BCUT2D eigenvalue weighted by atomic mass is 10.0. The first-order valence-electron chi connectivity index (χ1n) is 5.76. The van der Waals surface area contributed by atoms with E-state index in [0.29, 0.717) is 6.04 Å². The molecule has 0 amide bonds. The van der Waals surface area contributed by atoms with Crippen LogP contribution in [0.25, 0.3) is 0 Å². The molecule has 0 spiro atoms. The van der Waals surface area contributed by atoms with E-state index in [1.54, 1.807) is 0 Å². The maximum absolute atomic E-state index is 12.6. The summed E-state index contributed by atoms with van der Waals surface area (Å²) >= 11 is 0. The Morgan fingerprint density at radius 3 is 2.61 bits per heavy atom. The van der Waals surface area contributed by atoms with Crippen molar-refractivity contribution in [3.63, 3.8) is 0 Å². The van der Waals surface area contributed by atoms with Gasteiger partial charge in [0.25, 0.3) is 0 Å². The van der Waals surface area contributed by atoms with E-state index in [-0.39, 0.29) is 17.8 Å². The predicted molar refractivity (Wildman–Crippen MR) is 61.8 cm³/mol. The number of alkyl halides is 3. The molecule has 1 aromatic carbocycles. The Bertz CT molecular complexity index is 430. The first kappa shape index (κ1) is 13.2. The molecule has 1 saturated carbocycles. The first-order valence-corrected chi connectivity index (χ1v) is 5.76. The molecule has 1 aliphatic carbocycles. The minimum Gasteiger partial charge on any atom is -0.398 e. The number of benzene rings is 1. The lowest BCUT2D eigenvalue weighted by Gasteiger charge is -2.16. The number of nitrogens with one attached hydrogen (secondary N) is 1. The van der Waals surface area contributed by atoms with Gasteiger partial charge in [0, 0.05) is 18.3 Å². The average Bonchev–Trinajstić information content (AvgIpc) is 3.08. The van der Waals surface area contributed by atoms with Crippen molar-refractivity contribution in [2.24, 2.45) is 0 Å². The molecule has 1 aromatic rings. The Balaban J connectivity index is 2.12. The molecule has 4 N–H and O–H groups in total. The molecule has 1 atom stereocenters. The Morgan fingerprint density at radius 2 is 2.06 bits per heavy atom. The molecule has 1 fully saturated rings. The average molecular weight is 260 g/mol. The van der Waals surface area contributed by atoms with Crippen molar-refractivity contribution in [3.05, 3.63) is 29.3 Å². The van der Waals surface area contributed by atoms with E-state index in [1.807, 2.05) is 0 Å². The van der Waals surface area contributed by atoms with Crippen molar-refractivity contribution in [3.8, 4) is 0 Å². The summed E-state index contributed by atoms with van der Waals surface area (Å²) in [7, 11) is 0. The van der Waals surface area contributed by atoms with Crippen LogP contribution < -0.4 is 11.1 Å². The van der Waals surface area contributed by atoms with Gasteiger partial charge in [0.05, 0.1) is 11.7 Å². The highest BCUT2D eigenvalue weighted by molar-refractivity contribution is 5.50. The fourth-order valence-electron chi connectivity index (χ4n) is 1.71. The van der Waals surface area contributed by atoms with Gasteiger partial charge in [-0.1, -0.05) is 6.07 Å². The number of nitrogen functional groups attached to an aromatic ring is 1. The normalized spacial score (nSPS) is 17.8. The minimum absolute atomic E-state index is 0.227.